The maximum Gasteiger partial charge on any atom is 0.311 e. The molecule has 0 fully saturated rings. The third-order valence-electron chi connectivity index (χ3n) is 4.52. The van der Waals surface area contributed by atoms with Gasteiger partial charge in [0.15, 0.2) is 0 Å². The zero-order valence-corrected chi connectivity index (χ0v) is 16.9. The van der Waals surface area contributed by atoms with Crippen LogP contribution in [0.1, 0.15) is 62.5 Å². The molecule has 0 aliphatic carbocycles. The molecule has 2 aromatic carbocycles. The van der Waals surface area contributed by atoms with Gasteiger partial charge in [0.2, 0.25) is 0 Å². The Kier molecular flexibility index (Phi) is 9.26. The van der Waals surface area contributed by atoms with E-state index in [-0.39, 0.29) is 11.9 Å². The van der Waals surface area contributed by atoms with Crippen LogP contribution in [0.5, 0.6) is 11.5 Å². The summed E-state index contributed by atoms with van der Waals surface area (Å²) in [6.07, 6.45) is 6.66. The normalized spacial score (nSPS) is 10.5. The van der Waals surface area contributed by atoms with Crippen LogP contribution in [0.2, 0.25) is 0 Å². The number of ether oxygens (including phenoxy) is 2. The standard InChI is InChI=1S/C24H30O4/c1-19-11-15-21(16-12-19)27-23(25)9-7-5-3-4-6-8-10-24(26)28-22-17-13-20(2)14-18-22/h11-18H,3-10H2,1-2H3. The summed E-state index contributed by atoms with van der Waals surface area (Å²) in [5, 5.41) is 0. The van der Waals surface area contributed by atoms with E-state index in [2.05, 4.69) is 0 Å². The lowest BCUT2D eigenvalue weighted by atomic mass is 10.1. The van der Waals surface area contributed by atoms with Gasteiger partial charge in [-0.05, 0) is 51.0 Å². The predicted molar refractivity (Wildman–Crippen MR) is 111 cm³/mol. The Morgan fingerprint density at radius 2 is 0.893 bits per heavy atom. The Balaban J connectivity index is 1.45. The van der Waals surface area contributed by atoms with Crippen molar-refractivity contribution in [3.05, 3.63) is 59.7 Å². The van der Waals surface area contributed by atoms with Crippen LogP contribution in [0.25, 0.3) is 0 Å². The van der Waals surface area contributed by atoms with Crippen LogP contribution in [-0.4, -0.2) is 11.9 Å². The third-order valence-corrected chi connectivity index (χ3v) is 4.52. The SMILES string of the molecule is Cc1ccc(OC(=O)CCCCCCCCC(=O)Oc2ccc(C)cc2)cc1. The molecule has 0 radical (unpaired) electrons. The van der Waals surface area contributed by atoms with Crippen molar-refractivity contribution in [2.45, 2.75) is 65.2 Å². The van der Waals surface area contributed by atoms with Crippen LogP contribution in [-0.2, 0) is 9.59 Å². The predicted octanol–water partition coefficient (Wildman–Crippen LogP) is 5.94. The summed E-state index contributed by atoms with van der Waals surface area (Å²) in [5.74, 6) is 0.853. The van der Waals surface area contributed by atoms with Gasteiger partial charge < -0.3 is 9.47 Å². The molecule has 0 amide bonds. The van der Waals surface area contributed by atoms with Crippen molar-refractivity contribution in [2.75, 3.05) is 0 Å². The number of rotatable bonds is 11. The molecule has 0 unspecified atom stereocenters. The number of hydrogen-bond donors (Lipinski definition) is 0. The molecule has 2 rings (SSSR count). The zero-order chi connectivity index (χ0) is 20.2. The van der Waals surface area contributed by atoms with Crippen molar-refractivity contribution < 1.29 is 19.1 Å². The number of aryl methyl sites for hydroxylation is 2. The van der Waals surface area contributed by atoms with Crippen LogP contribution in [0.15, 0.2) is 48.5 Å². The lowest BCUT2D eigenvalue weighted by Gasteiger charge is -2.05. The number of unbranched alkanes of at least 4 members (excludes halogenated alkanes) is 5. The highest BCUT2D eigenvalue weighted by Gasteiger charge is 2.06. The maximum absolute atomic E-state index is 11.8. The smallest absolute Gasteiger partial charge is 0.311 e. The number of benzene rings is 2. The molecular weight excluding hydrogens is 352 g/mol. The number of hydrogen-bond acceptors (Lipinski definition) is 4. The van der Waals surface area contributed by atoms with Crippen molar-refractivity contribution in [2.24, 2.45) is 0 Å². The van der Waals surface area contributed by atoms with E-state index >= 15 is 0 Å². The largest absolute Gasteiger partial charge is 0.427 e. The molecule has 4 nitrogen and oxygen atoms in total. The van der Waals surface area contributed by atoms with Gasteiger partial charge in [0.1, 0.15) is 11.5 Å². The first-order valence-corrected chi connectivity index (χ1v) is 10.1. The van der Waals surface area contributed by atoms with Crippen molar-refractivity contribution in [3.8, 4) is 11.5 Å². The van der Waals surface area contributed by atoms with E-state index in [0.717, 1.165) is 49.7 Å². The van der Waals surface area contributed by atoms with Crippen LogP contribution in [0.3, 0.4) is 0 Å². The zero-order valence-electron chi connectivity index (χ0n) is 16.9. The highest BCUT2D eigenvalue weighted by atomic mass is 16.5. The van der Waals surface area contributed by atoms with E-state index in [4.69, 9.17) is 9.47 Å². The van der Waals surface area contributed by atoms with Crippen LogP contribution in [0.4, 0.5) is 0 Å². The van der Waals surface area contributed by atoms with Crippen molar-refractivity contribution in [1.29, 1.82) is 0 Å². The molecule has 0 bridgehead atoms. The Hall–Kier alpha value is -2.62. The Bertz CT molecular complexity index is 667. The van der Waals surface area contributed by atoms with Crippen molar-refractivity contribution in [1.82, 2.24) is 0 Å². The second-order valence-electron chi connectivity index (χ2n) is 7.20. The van der Waals surface area contributed by atoms with Crippen molar-refractivity contribution >= 4 is 11.9 Å². The highest BCUT2D eigenvalue weighted by molar-refractivity contribution is 5.72. The molecule has 4 heteroatoms. The Morgan fingerprint density at radius 3 is 1.25 bits per heavy atom. The highest BCUT2D eigenvalue weighted by Crippen LogP contribution is 2.15. The summed E-state index contributed by atoms with van der Waals surface area (Å²) in [6, 6.07) is 15.0. The average molecular weight is 382 g/mol. The quantitative estimate of drug-likeness (QED) is 0.274. The molecule has 0 aromatic heterocycles. The first-order chi connectivity index (χ1) is 13.5. The number of carbonyl (C=O) groups excluding carboxylic acids is 2. The number of carbonyl (C=O) groups is 2. The van der Waals surface area contributed by atoms with E-state index in [1.54, 1.807) is 0 Å². The second-order valence-corrected chi connectivity index (χ2v) is 7.20. The van der Waals surface area contributed by atoms with Crippen LogP contribution >= 0.6 is 0 Å². The van der Waals surface area contributed by atoms with Gasteiger partial charge in [0.25, 0.3) is 0 Å². The number of esters is 2. The lowest BCUT2D eigenvalue weighted by Crippen LogP contribution is -2.07. The molecule has 0 aliphatic heterocycles. The second kappa shape index (κ2) is 12.0. The maximum atomic E-state index is 11.8. The van der Waals surface area contributed by atoms with Gasteiger partial charge in [0, 0.05) is 12.8 Å². The van der Waals surface area contributed by atoms with Gasteiger partial charge in [-0.25, -0.2) is 0 Å². The van der Waals surface area contributed by atoms with Gasteiger partial charge in [0.05, 0.1) is 0 Å². The average Bonchev–Trinajstić information content (AvgIpc) is 2.67. The molecule has 28 heavy (non-hydrogen) atoms. The van der Waals surface area contributed by atoms with Crippen LogP contribution in [0, 0.1) is 13.8 Å². The van der Waals surface area contributed by atoms with Gasteiger partial charge >= 0.3 is 11.9 Å². The monoisotopic (exact) mass is 382 g/mol. The molecule has 150 valence electrons. The molecule has 0 atom stereocenters. The molecule has 0 saturated heterocycles. The minimum atomic E-state index is -0.178. The molecule has 0 spiro atoms. The molecule has 0 N–H and O–H groups in total. The van der Waals surface area contributed by atoms with E-state index in [9.17, 15) is 9.59 Å². The Labute approximate surface area is 167 Å². The summed E-state index contributed by atoms with van der Waals surface area (Å²) in [7, 11) is 0. The summed E-state index contributed by atoms with van der Waals surface area (Å²) >= 11 is 0. The van der Waals surface area contributed by atoms with Gasteiger partial charge in [-0.2, -0.15) is 0 Å². The first kappa shape index (κ1) is 21.7. The van der Waals surface area contributed by atoms with Gasteiger partial charge in [-0.1, -0.05) is 61.1 Å². The molecule has 0 heterocycles. The fourth-order valence-electron chi connectivity index (χ4n) is 2.82. The van der Waals surface area contributed by atoms with E-state index in [1.165, 1.54) is 0 Å². The van der Waals surface area contributed by atoms with E-state index < -0.39 is 0 Å². The van der Waals surface area contributed by atoms with Gasteiger partial charge in [-0.15, -0.1) is 0 Å². The molecule has 0 saturated carbocycles. The lowest BCUT2D eigenvalue weighted by molar-refractivity contribution is -0.135. The summed E-state index contributed by atoms with van der Waals surface area (Å²) < 4.78 is 10.6. The van der Waals surface area contributed by atoms with E-state index in [1.807, 2.05) is 62.4 Å². The summed E-state index contributed by atoms with van der Waals surface area (Å²) in [6.45, 7) is 4.00. The van der Waals surface area contributed by atoms with Crippen molar-refractivity contribution in [3.63, 3.8) is 0 Å². The molecule has 2 aromatic rings. The molecular formula is C24H30O4. The fraction of sp³-hybridized carbons (Fsp3) is 0.417. The molecule has 0 aliphatic rings. The van der Waals surface area contributed by atoms with Gasteiger partial charge in [-0.3, -0.25) is 9.59 Å². The van der Waals surface area contributed by atoms with E-state index in [0.29, 0.717) is 24.3 Å². The Morgan fingerprint density at radius 1 is 0.571 bits per heavy atom. The summed E-state index contributed by atoms with van der Waals surface area (Å²) in [5.41, 5.74) is 2.28. The third kappa shape index (κ3) is 8.85. The minimum Gasteiger partial charge on any atom is -0.427 e. The summed E-state index contributed by atoms with van der Waals surface area (Å²) in [4.78, 5) is 23.6. The van der Waals surface area contributed by atoms with Crippen LogP contribution < -0.4 is 9.47 Å². The fourth-order valence-corrected chi connectivity index (χ4v) is 2.82. The first-order valence-electron chi connectivity index (χ1n) is 10.1. The topological polar surface area (TPSA) is 52.6 Å². The minimum absolute atomic E-state index is 0.178.